The number of hydrogen-bond donors (Lipinski definition) is 2. The van der Waals surface area contributed by atoms with Crippen molar-refractivity contribution in [3.05, 3.63) is 47.1 Å². The van der Waals surface area contributed by atoms with Crippen LogP contribution in [0.4, 0.5) is 5.95 Å². The van der Waals surface area contributed by atoms with Gasteiger partial charge in [-0.15, -0.1) is 10.2 Å². The van der Waals surface area contributed by atoms with E-state index in [1.807, 2.05) is 12.3 Å². The SMILES string of the molecule is CC(C)=CCCC1=CC[C@H](/C=N\Nc2nnc3c(n2)[nH]c2ccc(C)cc23)[C@H](C)C1. The highest BCUT2D eigenvalue weighted by molar-refractivity contribution is 6.03. The van der Waals surface area contributed by atoms with Gasteiger partial charge in [-0.3, -0.25) is 0 Å². The largest absolute Gasteiger partial charge is 0.338 e. The minimum Gasteiger partial charge on any atom is -0.338 e. The maximum Gasteiger partial charge on any atom is 0.265 e. The first-order valence-electron chi connectivity index (χ1n) is 10.7. The summed E-state index contributed by atoms with van der Waals surface area (Å²) in [5, 5.41) is 14.0. The fraction of sp³-hybridized carbons (Fsp3) is 0.417. The van der Waals surface area contributed by atoms with Crippen molar-refractivity contribution in [2.75, 3.05) is 5.43 Å². The van der Waals surface area contributed by atoms with E-state index < -0.39 is 0 Å². The monoisotopic (exact) mass is 402 g/mol. The predicted octanol–water partition coefficient (Wildman–Crippen LogP) is 5.93. The molecule has 1 aromatic carbocycles. The summed E-state index contributed by atoms with van der Waals surface area (Å²) in [5.74, 6) is 1.42. The highest BCUT2D eigenvalue weighted by Gasteiger charge is 2.20. The molecule has 0 aliphatic heterocycles. The summed E-state index contributed by atoms with van der Waals surface area (Å²) >= 11 is 0. The maximum atomic E-state index is 4.53. The van der Waals surface area contributed by atoms with E-state index in [4.69, 9.17) is 0 Å². The Labute approximate surface area is 177 Å². The third kappa shape index (κ3) is 4.58. The number of fused-ring (bicyclic) bond motifs is 3. The molecule has 2 heterocycles. The lowest BCUT2D eigenvalue weighted by Crippen LogP contribution is -2.18. The van der Waals surface area contributed by atoms with Gasteiger partial charge in [0.05, 0.1) is 0 Å². The van der Waals surface area contributed by atoms with Crippen molar-refractivity contribution in [1.29, 1.82) is 0 Å². The summed E-state index contributed by atoms with van der Waals surface area (Å²) in [6.07, 6.45) is 11.2. The van der Waals surface area contributed by atoms with Gasteiger partial charge in [0.2, 0.25) is 0 Å². The highest BCUT2D eigenvalue weighted by Crippen LogP contribution is 2.30. The second-order valence-electron chi connectivity index (χ2n) is 8.66. The molecule has 2 aromatic heterocycles. The molecule has 2 N–H and O–H groups in total. The second-order valence-corrected chi connectivity index (χ2v) is 8.66. The van der Waals surface area contributed by atoms with Gasteiger partial charge in [0, 0.05) is 23.0 Å². The standard InChI is InChI=1S/C24H30N6/c1-15(2)6-5-7-18-9-10-19(17(4)13-18)14-25-29-24-27-23-22(28-30-24)20-12-16(3)8-11-21(20)26-23/h6,8-9,11-12,14,17,19H,5,7,10,13H2,1-4H3,(H2,26,27,29,30)/b25-14-/t17-,19-/m1/s1. The van der Waals surface area contributed by atoms with Crippen LogP contribution in [0.25, 0.3) is 22.1 Å². The van der Waals surface area contributed by atoms with Gasteiger partial charge in [-0.2, -0.15) is 10.1 Å². The molecule has 3 aromatic rings. The van der Waals surface area contributed by atoms with Crippen LogP contribution in [0.15, 0.2) is 46.6 Å². The Kier molecular flexibility index (Phi) is 5.93. The van der Waals surface area contributed by atoms with E-state index in [9.17, 15) is 0 Å². The number of hydrazone groups is 1. The van der Waals surface area contributed by atoms with Crippen LogP contribution >= 0.6 is 0 Å². The number of hydrogen-bond acceptors (Lipinski definition) is 5. The number of nitrogens with zero attached hydrogens (tertiary/aromatic N) is 4. The fourth-order valence-corrected chi connectivity index (χ4v) is 4.06. The normalized spacial score (nSPS) is 19.4. The number of anilines is 1. The molecule has 6 heteroatoms. The maximum absolute atomic E-state index is 4.53. The lowest BCUT2D eigenvalue weighted by Gasteiger charge is -2.25. The van der Waals surface area contributed by atoms with Gasteiger partial charge in [0.15, 0.2) is 5.65 Å². The Hall–Kier alpha value is -3.02. The van der Waals surface area contributed by atoms with E-state index >= 15 is 0 Å². The molecule has 0 unspecified atom stereocenters. The van der Waals surface area contributed by atoms with Crippen LogP contribution in [-0.4, -0.2) is 26.4 Å². The molecule has 0 fully saturated rings. The smallest absolute Gasteiger partial charge is 0.265 e. The molecule has 4 rings (SSSR count). The summed E-state index contributed by atoms with van der Waals surface area (Å²) in [4.78, 5) is 7.84. The second kappa shape index (κ2) is 8.78. The molecule has 156 valence electrons. The molecule has 0 spiro atoms. The summed E-state index contributed by atoms with van der Waals surface area (Å²) in [6.45, 7) is 8.69. The predicted molar refractivity (Wildman–Crippen MR) is 125 cm³/mol. The molecule has 0 saturated carbocycles. The summed E-state index contributed by atoms with van der Waals surface area (Å²) < 4.78 is 0. The van der Waals surface area contributed by atoms with E-state index in [2.05, 4.69) is 82.7 Å². The Bertz CT molecular complexity index is 1130. The number of aromatic nitrogens is 4. The van der Waals surface area contributed by atoms with Crippen LogP contribution in [-0.2, 0) is 0 Å². The van der Waals surface area contributed by atoms with Crippen molar-refractivity contribution in [3.63, 3.8) is 0 Å². The van der Waals surface area contributed by atoms with E-state index in [0.29, 0.717) is 17.8 Å². The fourth-order valence-electron chi connectivity index (χ4n) is 4.06. The Balaban J connectivity index is 1.39. The first-order chi connectivity index (χ1) is 14.5. The lowest BCUT2D eigenvalue weighted by atomic mass is 9.80. The summed E-state index contributed by atoms with van der Waals surface area (Å²) in [5.41, 5.74) is 9.64. The quantitative estimate of drug-likeness (QED) is 0.304. The number of rotatable bonds is 6. The third-order valence-corrected chi connectivity index (χ3v) is 5.81. The van der Waals surface area contributed by atoms with Gasteiger partial charge in [-0.05, 0) is 64.5 Å². The zero-order chi connectivity index (χ0) is 21.1. The molecule has 30 heavy (non-hydrogen) atoms. The number of benzene rings is 1. The topological polar surface area (TPSA) is 78.8 Å². The number of nitrogens with one attached hydrogen (secondary N) is 2. The van der Waals surface area contributed by atoms with Gasteiger partial charge in [0.1, 0.15) is 5.52 Å². The Morgan fingerprint density at radius 3 is 2.97 bits per heavy atom. The Morgan fingerprint density at radius 1 is 1.30 bits per heavy atom. The van der Waals surface area contributed by atoms with Crippen LogP contribution in [0, 0.1) is 18.8 Å². The van der Waals surface area contributed by atoms with Crippen molar-refractivity contribution >= 4 is 34.2 Å². The molecule has 2 atom stereocenters. The van der Waals surface area contributed by atoms with Crippen LogP contribution in [0.1, 0.15) is 52.0 Å². The van der Waals surface area contributed by atoms with E-state index in [1.165, 1.54) is 17.6 Å². The lowest BCUT2D eigenvalue weighted by molar-refractivity contribution is 0.431. The van der Waals surface area contributed by atoms with Crippen molar-refractivity contribution < 1.29 is 0 Å². The number of H-pyrrole nitrogens is 1. The number of aromatic amines is 1. The molecule has 1 aliphatic rings. The van der Waals surface area contributed by atoms with Gasteiger partial charge in [-0.1, -0.05) is 41.9 Å². The van der Waals surface area contributed by atoms with Gasteiger partial charge in [-0.25, -0.2) is 5.43 Å². The van der Waals surface area contributed by atoms with E-state index in [-0.39, 0.29) is 0 Å². The molecule has 0 saturated heterocycles. The number of allylic oxidation sites excluding steroid dienone is 4. The molecule has 1 aliphatic carbocycles. The molecular formula is C24H30N6. The first-order valence-corrected chi connectivity index (χ1v) is 10.7. The average Bonchev–Trinajstić information content (AvgIpc) is 3.06. The highest BCUT2D eigenvalue weighted by atomic mass is 15.4. The van der Waals surface area contributed by atoms with Crippen LogP contribution in [0.5, 0.6) is 0 Å². The minimum atomic E-state index is 0.406. The van der Waals surface area contributed by atoms with Crippen LogP contribution < -0.4 is 5.43 Å². The average molecular weight is 403 g/mol. The summed E-state index contributed by atoms with van der Waals surface area (Å²) in [7, 11) is 0. The first kappa shape index (κ1) is 20.3. The molecule has 0 amide bonds. The zero-order valence-electron chi connectivity index (χ0n) is 18.2. The molecule has 6 nitrogen and oxygen atoms in total. The molecular weight excluding hydrogens is 372 g/mol. The minimum absolute atomic E-state index is 0.406. The van der Waals surface area contributed by atoms with E-state index in [0.717, 1.165) is 41.3 Å². The van der Waals surface area contributed by atoms with Crippen molar-refractivity contribution in [3.8, 4) is 0 Å². The Morgan fingerprint density at radius 2 is 2.17 bits per heavy atom. The molecule has 0 bridgehead atoms. The third-order valence-electron chi connectivity index (χ3n) is 5.81. The van der Waals surface area contributed by atoms with Gasteiger partial charge in [0.25, 0.3) is 5.95 Å². The van der Waals surface area contributed by atoms with Crippen LogP contribution in [0.3, 0.4) is 0 Å². The van der Waals surface area contributed by atoms with Gasteiger partial charge >= 0.3 is 0 Å². The van der Waals surface area contributed by atoms with Crippen LogP contribution in [0.2, 0.25) is 0 Å². The van der Waals surface area contributed by atoms with Crippen molar-refractivity contribution in [2.45, 2.75) is 53.4 Å². The van der Waals surface area contributed by atoms with Crippen molar-refractivity contribution in [1.82, 2.24) is 20.2 Å². The summed E-state index contributed by atoms with van der Waals surface area (Å²) in [6, 6.07) is 6.22. The van der Waals surface area contributed by atoms with E-state index in [1.54, 1.807) is 5.57 Å². The van der Waals surface area contributed by atoms with Crippen molar-refractivity contribution in [2.24, 2.45) is 16.9 Å². The zero-order valence-corrected chi connectivity index (χ0v) is 18.2. The molecule has 0 radical (unpaired) electrons. The van der Waals surface area contributed by atoms with Gasteiger partial charge < -0.3 is 4.98 Å². The number of aryl methyl sites for hydroxylation is 1.